The molecule has 114 valence electrons. The van der Waals surface area contributed by atoms with Crippen molar-refractivity contribution in [3.63, 3.8) is 0 Å². The number of carboxylic acid groups (broad SMARTS) is 2. The Bertz CT molecular complexity index is 487. The average molecular weight is 295 g/mol. The number of carbonyl (C=O) groups is 3. The van der Waals surface area contributed by atoms with Crippen LogP contribution in [0.5, 0.6) is 0 Å². The van der Waals surface area contributed by atoms with Gasteiger partial charge in [0.25, 0.3) is 0 Å². The third kappa shape index (κ3) is 6.95. The number of alkyl carbamates (subject to hydrolysis) is 1. The molecule has 0 saturated heterocycles. The molecule has 0 radical (unpaired) electrons. The Balaban J connectivity index is 2.38. The molecule has 0 unspecified atom stereocenters. The van der Waals surface area contributed by atoms with Gasteiger partial charge in [0.15, 0.2) is 0 Å². The topological polar surface area (TPSA) is 113 Å². The van der Waals surface area contributed by atoms with Gasteiger partial charge in [-0.25, -0.2) is 9.59 Å². The summed E-state index contributed by atoms with van der Waals surface area (Å²) in [6, 6.07) is 7.80. The molecule has 0 aliphatic heterocycles. The van der Waals surface area contributed by atoms with Crippen molar-refractivity contribution in [1.82, 2.24) is 5.32 Å². The van der Waals surface area contributed by atoms with E-state index in [1.165, 1.54) is 0 Å². The summed E-state index contributed by atoms with van der Waals surface area (Å²) in [6.07, 6.45) is -0.806. The number of amides is 1. The maximum atomic E-state index is 11.5. The molecule has 0 saturated carbocycles. The molecule has 1 rings (SSSR count). The third-order valence-electron chi connectivity index (χ3n) is 2.69. The van der Waals surface area contributed by atoms with Gasteiger partial charge >= 0.3 is 18.0 Å². The Kier molecular flexibility index (Phi) is 6.73. The molecule has 7 nitrogen and oxygen atoms in total. The summed E-state index contributed by atoms with van der Waals surface area (Å²) in [7, 11) is 0. The molecule has 0 aromatic heterocycles. The van der Waals surface area contributed by atoms with Crippen LogP contribution in [0.3, 0.4) is 0 Å². The second kappa shape index (κ2) is 8.57. The van der Waals surface area contributed by atoms with E-state index in [0.29, 0.717) is 0 Å². The van der Waals surface area contributed by atoms with Crippen molar-refractivity contribution in [3.05, 3.63) is 35.9 Å². The molecule has 0 fully saturated rings. The average Bonchev–Trinajstić information content (AvgIpc) is 2.44. The highest BCUT2D eigenvalue weighted by atomic mass is 16.5. The molecule has 1 amide bonds. The smallest absolute Gasteiger partial charge is 0.408 e. The molecule has 0 aliphatic rings. The molecular formula is C14H17NO6. The van der Waals surface area contributed by atoms with Gasteiger partial charge in [-0.3, -0.25) is 4.79 Å². The zero-order valence-corrected chi connectivity index (χ0v) is 11.3. The maximum Gasteiger partial charge on any atom is 0.408 e. The van der Waals surface area contributed by atoms with Crippen LogP contribution in [0, 0.1) is 0 Å². The van der Waals surface area contributed by atoms with Gasteiger partial charge in [0.2, 0.25) is 0 Å². The highest BCUT2D eigenvalue weighted by Crippen LogP contribution is 2.04. The van der Waals surface area contributed by atoms with Gasteiger partial charge in [-0.05, 0) is 18.4 Å². The normalized spacial score (nSPS) is 11.4. The first-order valence-corrected chi connectivity index (χ1v) is 6.41. The van der Waals surface area contributed by atoms with Crippen LogP contribution in [-0.4, -0.2) is 34.3 Å². The Morgan fingerprint density at radius 2 is 1.81 bits per heavy atom. The van der Waals surface area contributed by atoms with E-state index in [9.17, 15) is 14.4 Å². The zero-order valence-electron chi connectivity index (χ0n) is 11.3. The van der Waals surface area contributed by atoms with Crippen molar-refractivity contribution in [2.45, 2.75) is 31.9 Å². The molecular weight excluding hydrogens is 278 g/mol. The molecule has 0 spiro atoms. The molecule has 21 heavy (non-hydrogen) atoms. The molecule has 0 heterocycles. The Labute approximate surface area is 121 Å². The minimum absolute atomic E-state index is 0.0298. The van der Waals surface area contributed by atoms with Gasteiger partial charge in [-0.1, -0.05) is 30.3 Å². The van der Waals surface area contributed by atoms with E-state index in [2.05, 4.69) is 5.32 Å². The lowest BCUT2D eigenvalue weighted by atomic mass is 10.1. The first-order chi connectivity index (χ1) is 9.99. The summed E-state index contributed by atoms with van der Waals surface area (Å²) in [4.78, 5) is 32.9. The number of hydrogen-bond acceptors (Lipinski definition) is 4. The molecule has 3 N–H and O–H groups in total. The first kappa shape index (κ1) is 16.5. The summed E-state index contributed by atoms with van der Waals surface area (Å²) in [5.74, 6) is -2.23. The number of carboxylic acids is 2. The summed E-state index contributed by atoms with van der Waals surface area (Å²) in [5, 5.41) is 19.7. The number of ether oxygens (including phenoxy) is 1. The van der Waals surface area contributed by atoms with Crippen LogP contribution < -0.4 is 5.32 Å². The van der Waals surface area contributed by atoms with Crippen LogP contribution in [0.4, 0.5) is 4.79 Å². The number of aliphatic carboxylic acids is 2. The predicted octanol–water partition coefficient (Wildman–Crippen LogP) is 1.62. The van der Waals surface area contributed by atoms with Crippen molar-refractivity contribution in [1.29, 1.82) is 0 Å². The van der Waals surface area contributed by atoms with Gasteiger partial charge in [-0.2, -0.15) is 0 Å². The minimum atomic E-state index is -1.22. The van der Waals surface area contributed by atoms with E-state index >= 15 is 0 Å². The van der Waals surface area contributed by atoms with Gasteiger partial charge in [0, 0.05) is 6.42 Å². The number of rotatable bonds is 8. The van der Waals surface area contributed by atoms with Crippen molar-refractivity contribution < 1.29 is 29.3 Å². The molecule has 7 heteroatoms. The molecule has 1 atom stereocenters. The molecule has 1 aromatic rings. The fraction of sp³-hybridized carbons (Fsp3) is 0.357. The van der Waals surface area contributed by atoms with Crippen molar-refractivity contribution >= 4 is 18.0 Å². The highest BCUT2D eigenvalue weighted by Gasteiger charge is 2.20. The Hall–Kier alpha value is -2.57. The first-order valence-electron chi connectivity index (χ1n) is 6.41. The van der Waals surface area contributed by atoms with Crippen LogP contribution in [0.25, 0.3) is 0 Å². The molecule has 0 aliphatic carbocycles. The van der Waals surface area contributed by atoms with E-state index in [4.69, 9.17) is 14.9 Å². The van der Waals surface area contributed by atoms with Gasteiger partial charge in [0.05, 0.1) is 0 Å². The molecule has 0 bridgehead atoms. The fourth-order valence-corrected chi connectivity index (χ4v) is 1.62. The summed E-state index contributed by atoms with van der Waals surface area (Å²) >= 11 is 0. The second-order valence-electron chi connectivity index (χ2n) is 4.38. The van der Waals surface area contributed by atoms with Gasteiger partial charge in [-0.15, -0.1) is 0 Å². The van der Waals surface area contributed by atoms with E-state index in [-0.39, 0.29) is 25.9 Å². The SMILES string of the molecule is O=C(O)CCC[C@@H](NC(=O)OCc1ccccc1)C(=O)O. The number of nitrogens with one attached hydrogen (secondary N) is 1. The standard InChI is InChI=1S/C14H17NO6/c16-12(17)8-4-7-11(13(18)19)15-14(20)21-9-10-5-2-1-3-6-10/h1-3,5-6,11H,4,7-9H2,(H,15,20)(H,16,17)(H,18,19)/t11-/m1/s1. The second-order valence-corrected chi connectivity index (χ2v) is 4.38. The van der Waals surface area contributed by atoms with Crippen molar-refractivity contribution in [2.24, 2.45) is 0 Å². The monoisotopic (exact) mass is 295 g/mol. The van der Waals surface area contributed by atoms with E-state index in [1.807, 2.05) is 6.07 Å². The van der Waals surface area contributed by atoms with Crippen LogP contribution in [0.2, 0.25) is 0 Å². The highest BCUT2D eigenvalue weighted by molar-refractivity contribution is 5.79. The summed E-state index contributed by atoms with van der Waals surface area (Å²) < 4.78 is 4.91. The van der Waals surface area contributed by atoms with Crippen molar-refractivity contribution in [3.8, 4) is 0 Å². The largest absolute Gasteiger partial charge is 0.481 e. The van der Waals surface area contributed by atoms with E-state index < -0.39 is 24.1 Å². The quantitative estimate of drug-likeness (QED) is 0.671. The lowest BCUT2D eigenvalue weighted by molar-refractivity contribution is -0.141. The van der Waals surface area contributed by atoms with Crippen LogP contribution >= 0.6 is 0 Å². The van der Waals surface area contributed by atoms with E-state index in [1.54, 1.807) is 24.3 Å². The summed E-state index contributed by atoms with van der Waals surface area (Å²) in [6.45, 7) is 0.0359. The lowest BCUT2D eigenvalue weighted by Gasteiger charge is -2.14. The van der Waals surface area contributed by atoms with E-state index in [0.717, 1.165) is 5.56 Å². The van der Waals surface area contributed by atoms with Crippen LogP contribution in [0.15, 0.2) is 30.3 Å². The number of benzene rings is 1. The Morgan fingerprint density at radius 1 is 1.14 bits per heavy atom. The van der Waals surface area contributed by atoms with Gasteiger partial charge < -0.3 is 20.3 Å². The summed E-state index contributed by atoms with van der Waals surface area (Å²) in [5.41, 5.74) is 0.783. The van der Waals surface area contributed by atoms with Gasteiger partial charge in [0.1, 0.15) is 12.6 Å². The molecule has 1 aromatic carbocycles. The maximum absolute atomic E-state index is 11.5. The third-order valence-corrected chi connectivity index (χ3v) is 2.69. The van der Waals surface area contributed by atoms with Crippen molar-refractivity contribution in [2.75, 3.05) is 0 Å². The minimum Gasteiger partial charge on any atom is -0.481 e. The Morgan fingerprint density at radius 3 is 2.38 bits per heavy atom. The number of carbonyl (C=O) groups excluding carboxylic acids is 1. The van der Waals surface area contributed by atoms with Crippen LogP contribution in [0.1, 0.15) is 24.8 Å². The zero-order chi connectivity index (χ0) is 15.7. The lowest BCUT2D eigenvalue weighted by Crippen LogP contribution is -2.41. The van der Waals surface area contributed by atoms with Crippen LogP contribution in [-0.2, 0) is 20.9 Å². The predicted molar refractivity (Wildman–Crippen MR) is 72.7 cm³/mol. The number of hydrogen-bond donors (Lipinski definition) is 3. The fourth-order valence-electron chi connectivity index (χ4n) is 1.62.